The van der Waals surface area contributed by atoms with Crippen molar-refractivity contribution >= 4 is 17.3 Å². The van der Waals surface area contributed by atoms with Crippen molar-refractivity contribution in [1.29, 1.82) is 0 Å². The van der Waals surface area contributed by atoms with Gasteiger partial charge in [-0.2, -0.15) is 0 Å². The van der Waals surface area contributed by atoms with E-state index in [-0.39, 0.29) is 6.04 Å². The average Bonchev–Trinajstić information content (AvgIpc) is 2.61. The monoisotopic (exact) mass is 348 g/mol. The van der Waals surface area contributed by atoms with Gasteiger partial charge in [0.15, 0.2) is 16.6 Å². The Morgan fingerprint density at radius 1 is 1.12 bits per heavy atom. The Morgan fingerprint density at radius 3 is 2.46 bits per heavy atom. The van der Waals surface area contributed by atoms with Gasteiger partial charge >= 0.3 is 0 Å². The van der Waals surface area contributed by atoms with Gasteiger partial charge in [0.2, 0.25) is 0 Å². The SMILES string of the molecule is COc1cc2c(cc1OC)C(C)N(C(=S)NC1CCCCC1)CC2. The molecule has 132 valence electrons. The van der Waals surface area contributed by atoms with Gasteiger partial charge in [-0.3, -0.25) is 0 Å². The Hall–Kier alpha value is -1.49. The molecule has 1 unspecified atom stereocenters. The molecule has 0 saturated heterocycles. The summed E-state index contributed by atoms with van der Waals surface area (Å²) >= 11 is 5.73. The molecule has 3 rings (SSSR count). The molecule has 1 N–H and O–H groups in total. The number of methoxy groups -OCH3 is 2. The van der Waals surface area contributed by atoms with Crippen LogP contribution in [0.3, 0.4) is 0 Å². The van der Waals surface area contributed by atoms with Gasteiger partial charge in [0.1, 0.15) is 0 Å². The maximum atomic E-state index is 5.73. The third kappa shape index (κ3) is 3.46. The molecule has 2 aliphatic rings. The molecule has 5 heteroatoms. The van der Waals surface area contributed by atoms with Crippen molar-refractivity contribution in [3.05, 3.63) is 23.3 Å². The van der Waals surface area contributed by atoms with Crippen molar-refractivity contribution in [2.75, 3.05) is 20.8 Å². The summed E-state index contributed by atoms with van der Waals surface area (Å²) in [5, 5.41) is 4.50. The third-order valence-electron chi connectivity index (χ3n) is 5.38. The lowest BCUT2D eigenvalue weighted by atomic mass is 9.92. The van der Waals surface area contributed by atoms with Crippen LogP contribution in [-0.4, -0.2) is 36.8 Å². The summed E-state index contributed by atoms with van der Waals surface area (Å²) in [5.74, 6) is 1.59. The molecule has 0 aromatic heterocycles. The quantitative estimate of drug-likeness (QED) is 0.840. The zero-order valence-electron chi connectivity index (χ0n) is 14.9. The first kappa shape index (κ1) is 17.3. The summed E-state index contributed by atoms with van der Waals surface area (Å²) in [6.45, 7) is 3.17. The first-order chi connectivity index (χ1) is 11.6. The van der Waals surface area contributed by atoms with E-state index in [0.29, 0.717) is 6.04 Å². The second-order valence-corrected chi connectivity index (χ2v) is 7.20. The molecule has 4 nitrogen and oxygen atoms in total. The van der Waals surface area contributed by atoms with E-state index in [4.69, 9.17) is 21.7 Å². The Balaban J connectivity index is 1.75. The van der Waals surface area contributed by atoms with E-state index in [0.717, 1.165) is 29.6 Å². The molecule has 0 spiro atoms. The molecular formula is C19H28N2O2S. The van der Waals surface area contributed by atoms with Crippen LogP contribution in [0.5, 0.6) is 11.5 Å². The molecule has 0 amide bonds. The fourth-order valence-corrected chi connectivity index (χ4v) is 4.34. The molecule has 1 aliphatic carbocycles. The molecule has 1 atom stereocenters. The first-order valence-corrected chi connectivity index (χ1v) is 9.36. The molecule has 0 radical (unpaired) electrons. The highest BCUT2D eigenvalue weighted by Crippen LogP contribution is 2.38. The van der Waals surface area contributed by atoms with Gasteiger partial charge in [-0.25, -0.2) is 0 Å². The molecular weight excluding hydrogens is 320 g/mol. The lowest BCUT2D eigenvalue weighted by Gasteiger charge is -2.39. The van der Waals surface area contributed by atoms with E-state index >= 15 is 0 Å². The largest absolute Gasteiger partial charge is 0.493 e. The minimum Gasteiger partial charge on any atom is -0.493 e. The van der Waals surface area contributed by atoms with Gasteiger partial charge in [-0.15, -0.1) is 0 Å². The Labute approximate surface area is 150 Å². The van der Waals surface area contributed by atoms with E-state index < -0.39 is 0 Å². The summed E-state index contributed by atoms with van der Waals surface area (Å²) in [7, 11) is 3.37. The van der Waals surface area contributed by atoms with Crippen molar-refractivity contribution in [1.82, 2.24) is 10.2 Å². The number of hydrogen-bond donors (Lipinski definition) is 1. The number of rotatable bonds is 3. The van der Waals surface area contributed by atoms with Crippen LogP contribution in [0.4, 0.5) is 0 Å². The van der Waals surface area contributed by atoms with Gasteiger partial charge in [0, 0.05) is 12.6 Å². The second kappa shape index (κ2) is 7.60. The van der Waals surface area contributed by atoms with E-state index in [9.17, 15) is 0 Å². The van der Waals surface area contributed by atoms with Crippen LogP contribution in [0, 0.1) is 0 Å². The van der Waals surface area contributed by atoms with Crippen molar-refractivity contribution in [3.63, 3.8) is 0 Å². The van der Waals surface area contributed by atoms with Gasteiger partial charge in [0.05, 0.1) is 20.3 Å². The molecule has 1 fully saturated rings. The van der Waals surface area contributed by atoms with Gasteiger partial charge < -0.3 is 19.7 Å². The number of thiocarbonyl (C=S) groups is 1. The average molecular weight is 349 g/mol. The number of fused-ring (bicyclic) bond motifs is 1. The summed E-state index contributed by atoms with van der Waals surface area (Å²) in [4.78, 5) is 2.32. The van der Waals surface area contributed by atoms with Crippen molar-refractivity contribution in [2.45, 2.75) is 57.5 Å². The van der Waals surface area contributed by atoms with Crippen LogP contribution in [-0.2, 0) is 6.42 Å². The first-order valence-electron chi connectivity index (χ1n) is 8.96. The van der Waals surface area contributed by atoms with Crippen LogP contribution in [0.2, 0.25) is 0 Å². The summed E-state index contributed by atoms with van der Waals surface area (Å²) in [6.07, 6.45) is 7.45. The highest BCUT2D eigenvalue weighted by Gasteiger charge is 2.28. The normalized spacial score (nSPS) is 21.1. The Morgan fingerprint density at radius 2 is 1.79 bits per heavy atom. The standard InChI is InChI=1S/C19H28N2O2S/c1-13-16-12-18(23-3)17(22-2)11-14(16)9-10-21(13)19(24)20-15-7-5-4-6-8-15/h11-13,15H,4-10H2,1-3H3,(H,20,24). The smallest absolute Gasteiger partial charge is 0.169 e. The number of hydrogen-bond acceptors (Lipinski definition) is 3. The lowest BCUT2D eigenvalue weighted by molar-refractivity contribution is 0.298. The molecule has 1 aromatic carbocycles. The number of ether oxygens (including phenoxy) is 2. The molecule has 1 aliphatic heterocycles. The molecule has 0 bridgehead atoms. The predicted molar refractivity (Wildman–Crippen MR) is 101 cm³/mol. The predicted octanol–water partition coefficient (Wildman–Crippen LogP) is 3.83. The van der Waals surface area contributed by atoms with Crippen molar-refractivity contribution in [2.24, 2.45) is 0 Å². The zero-order chi connectivity index (χ0) is 17.1. The van der Waals surface area contributed by atoms with E-state index in [2.05, 4.69) is 29.3 Å². The second-order valence-electron chi connectivity index (χ2n) is 6.81. The topological polar surface area (TPSA) is 33.7 Å². The fraction of sp³-hybridized carbons (Fsp3) is 0.632. The maximum Gasteiger partial charge on any atom is 0.169 e. The van der Waals surface area contributed by atoms with E-state index in [1.165, 1.54) is 43.2 Å². The van der Waals surface area contributed by atoms with Crippen LogP contribution in [0.15, 0.2) is 12.1 Å². The van der Waals surface area contributed by atoms with E-state index in [1.807, 2.05) is 0 Å². The molecule has 1 saturated carbocycles. The fourth-order valence-electron chi connectivity index (χ4n) is 3.93. The van der Waals surface area contributed by atoms with Crippen LogP contribution in [0.1, 0.15) is 56.2 Å². The van der Waals surface area contributed by atoms with Gasteiger partial charge in [-0.1, -0.05) is 19.3 Å². The van der Waals surface area contributed by atoms with Crippen LogP contribution in [0.25, 0.3) is 0 Å². The summed E-state index contributed by atoms with van der Waals surface area (Å²) < 4.78 is 10.9. The van der Waals surface area contributed by atoms with Crippen molar-refractivity contribution < 1.29 is 9.47 Å². The number of nitrogens with one attached hydrogen (secondary N) is 1. The van der Waals surface area contributed by atoms with Crippen LogP contribution >= 0.6 is 12.2 Å². The van der Waals surface area contributed by atoms with Crippen molar-refractivity contribution in [3.8, 4) is 11.5 Å². The minimum absolute atomic E-state index is 0.247. The summed E-state index contributed by atoms with van der Waals surface area (Å²) in [6, 6.07) is 5.01. The maximum absolute atomic E-state index is 5.73. The van der Waals surface area contributed by atoms with Gasteiger partial charge in [0.25, 0.3) is 0 Å². The lowest BCUT2D eigenvalue weighted by Crippen LogP contribution is -2.48. The number of benzene rings is 1. The summed E-state index contributed by atoms with van der Waals surface area (Å²) in [5.41, 5.74) is 2.61. The zero-order valence-corrected chi connectivity index (χ0v) is 15.7. The number of nitrogens with zero attached hydrogens (tertiary/aromatic N) is 1. The third-order valence-corrected chi connectivity index (χ3v) is 5.73. The molecule has 1 aromatic rings. The van der Waals surface area contributed by atoms with E-state index in [1.54, 1.807) is 14.2 Å². The Bertz CT molecular complexity index is 599. The minimum atomic E-state index is 0.247. The van der Waals surface area contributed by atoms with Crippen LogP contribution < -0.4 is 14.8 Å². The van der Waals surface area contributed by atoms with Gasteiger partial charge in [-0.05, 0) is 61.7 Å². The Kier molecular flexibility index (Phi) is 5.49. The highest BCUT2D eigenvalue weighted by molar-refractivity contribution is 7.80. The molecule has 1 heterocycles. The molecule has 24 heavy (non-hydrogen) atoms. The highest BCUT2D eigenvalue weighted by atomic mass is 32.1.